The third-order valence-corrected chi connectivity index (χ3v) is 7.10. The number of hydrogen-bond donors (Lipinski definition) is 3. The van der Waals surface area contributed by atoms with Crippen LogP contribution in [0.2, 0.25) is 0 Å². The van der Waals surface area contributed by atoms with E-state index in [1.165, 1.54) is 11.1 Å². The largest absolute Gasteiger partial charge is 0.460 e. The van der Waals surface area contributed by atoms with E-state index in [0.717, 1.165) is 5.56 Å². The Morgan fingerprint density at radius 1 is 0.929 bits per heavy atom. The van der Waals surface area contributed by atoms with E-state index in [-0.39, 0.29) is 24.3 Å². The number of nitriles is 2. The van der Waals surface area contributed by atoms with Gasteiger partial charge in [-0.3, -0.25) is 9.59 Å². The molecule has 2 atom stereocenters. The molecule has 0 radical (unpaired) electrons. The molecule has 0 spiro atoms. The summed E-state index contributed by atoms with van der Waals surface area (Å²) in [6.45, 7) is 4.64. The zero-order valence-corrected chi connectivity index (χ0v) is 23.9. The fourth-order valence-corrected chi connectivity index (χ4v) is 4.60. The molecule has 0 aliphatic rings. The van der Waals surface area contributed by atoms with Crippen molar-refractivity contribution in [1.82, 2.24) is 16.0 Å². The Kier molecular flexibility index (Phi) is 9.89. The maximum Gasteiger partial charge on any atom is 0.251 e. The highest BCUT2D eigenvalue weighted by Gasteiger charge is 2.20. The first-order valence-electron chi connectivity index (χ1n) is 13.7. The topological polar surface area (TPSA) is 131 Å². The van der Waals surface area contributed by atoms with E-state index in [0.29, 0.717) is 46.7 Å². The van der Waals surface area contributed by atoms with Crippen molar-refractivity contribution >= 4 is 11.8 Å². The van der Waals surface area contributed by atoms with Gasteiger partial charge in [0.15, 0.2) is 0 Å². The average Bonchev–Trinajstić information content (AvgIpc) is 3.49. The maximum atomic E-state index is 13.3. The summed E-state index contributed by atoms with van der Waals surface area (Å²) in [5, 5.41) is 27.8. The molecular formula is C34H33N5O3. The van der Waals surface area contributed by atoms with Gasteiger partial charge in [0.1, 0.15) is 11.5 Å². The molecule has 1 aromatic heterocycles. The second kappa shape index (κ2) is 13.9. The molecule has 0 unspecified atom stereocenters. The average molecular weight is 560 g/mol. The number of benzene rings is 3. The summed E-state index contributed by atoms with van der Waals surface area (Å²) in [5.41, 5.74) is 5.04. The molecule has 1 heterocycles. The fourth-order valence-electron chi connectivity index (χ4n) is 4.60. The predicted octanol–water partition coefficient (Wildman–Crippen LogP) is 5.33. The standard InChI is InChI=1S/C34H33N5O3/c1-22-4-10-26(11-5-22)23(2)38-21-30-14-15-32(42-30)31-17-27(12-13-28(31)20-36)34(41)39-29(18-33(40)37-3)16-24-6-8-25(19-35)9-7-24/h4-15,17,23,29,38H,16,18,21H2,1-3H3,(H,37,40)(H,39,41)/t23-,29-/m1/s1. The van der Waals surface area contributed by atoms with Crippen LogP contribution in [0.3, 0.4) is 0 Å². The minimum atomic E-state index is -0.485. The van der Waals surface area contributed by atoms with Gasteiger partial charge in [-0.05, 0) is 73.9 Å². The summed E-state index contributed by atoms with van der Waals surface area (Å²) in [5.74, 6) is 0.614. The van der Waals surface area contributed by atoms with Crippen LogP contribution >= 0.6 is 0 Å². The van der Waals surface area contributed by atoms with Crippen molar-refractivity contribution in [1.29, 1.82) is 10.5 Å². The first-order chi connectivity index (χ1) is 20.3. The monoisotopic (exact) mass is 559 g/mol. The molecule has 8 heteroatoms. The Labute approximate surface area is 246 Å². The van der Waals surface area contributed by atoms with Gasteiger partial charge >= 0.3 is 0 Å². The summed E-state index contributed by atoms with van der Waals surface area (Å²) >= 11 is 0. The van der Waals surface area contributed by atoms with Crippen LogP contribution in [-0.4, -0.2) is 24.9 Å². The SMILES string of the molecule is CNC(=O)C[C@@H](Cc1ccc(C#N)cc1)NC(=O)c1ccc(C#N)c(-c2ccc(CN[C@H](C)c3ccc(C)cc3)o2)c1. The van der Waals surface area contributed by atoms with Crippen molar-refractivity contribution in [2.45, 2.75) is 45.3 Å². The van der Waals surface area contributed by atoms with Crippen LogP contribution in [0.15, 0.2) is 83.3 Å². The molecule has 0 fully saturated rings. The van der Waals surface area contributed by atoms with Gasteiger partial charge in [0.2, 0.25) is 5.91 Å². The highest BCUT2D eigenvalue weighted by molar-refractivity contribution is 5.96. The van der Waals surface area contributed by atoms with Crippen LogP contribution < -0.4 is 16.0 Å². The van der Waals surface area contributed by atoms with Crippen LogP contribution in [0.25, 0.3) is 11.3 Å². The van der Waals surface area contributed by atoms with Crippen molar-refractivity contribution in [3.63, 3.8) is 0 Å². The first kappa shape index (κ1) is 29.8. The Hall–Kier alpha value is -5.18. The van der Waals surface area contributed by atoms with Crippen LogP contribution in [0, 0.1) is 29.6 Å². The number of nitrogens with zero attached hydrogens (tertiary/aromatic N) is 2. The summed E-state index contributed by atoms with van der Waals surface area (Å²) in [6, 6.07) is 27.8. The Morgan fingerprint density at radius 2 is 1.67 bits per heavy atom. The second-order valence-corrected chi connectivity index (χ2v) is 10.2. The van der Waals surface area contributed by atoms with Crippen LogP contribution in [0.4, 0.5) is 0 Å². The van der Waals surface area contributed by atoms with E-state index >= 15 is 0 Å². The number of amides is 2. The van der Waals surface area contributed by atoms with E-state index in [9.17, 15) is 14.9 Å². The van der Waals surface area contributed by atoms with E-state index in [1.807, 2.05) is 18.2 Å². The lowest BCUT2D eigenvalue weighted by Gasteiger charge is -2.19. The molecule has 0 aliphatic heterocycles. The number of aryl methyl sites for hydroxylation is 1. The minimum absolute atomic E-state index is 0.0843. The van der Waals surface area contributed by atoms with Crippen LogP contribution in [0.5, 0.6) is 0 Å². The molecule has 0 aliphatic carbocycles. The van der Waals surface area contributed by atoms with Crippen LogP contribution in [0.1, 0.15) is 63.3 Å². The summed E-state index contributed by atoms with van der Waals surface area (Å²) < 4.78 is 6.08. The number of hydrogen-bond acceptors (Lipinski definition) is 6. The van der Waals surface area contributed by atoms with Crippen molar-refractivity contribution < 1.29 is 14.0 Å². The predicted molar refractivity (Wildman–Crippen MR) is 160 cm³/mol. The van der Waals surface area contributed by atoms with Gasteiger partial charge in [-0.1, -0.05) is 42.0 Å². The molecule has 0 bridgehead atoms. The van der Waals surface area contributed by atoms with E-state index in [1.54, 1.807) is 43.4 Å². The summed E-state index contributed by atoms with van der Waals surface area (Å²) in [7, 11) is 1.55. The number of rotatable bonds is 11. The van der Waals surface area contributed by atoms with Gasteiger partial charge in [0.25, 0.3) is 5.91 Å². The van der Waals surface area contributed by atoms with Gasteiger partial charge in [-0.25, -0.2) is 0 Å². The zero-order chi connectivity index (χ0) is 30.1. The molecule has 8 nitrogen and oxygen atoms in total. The van der Waals surface area contributed by atoms with Crippen molar-refractivity contribution in [2.24, 2.45) is 0 Å². The quantitative estimate of drug-likeness (QED) is 0.228. The number of furan rings is 1. The van der Waals surface area contributed by atoms with Crippen molar-refractivity contribution in [3.8, 4) is 23.5 Å². The normalized spacial score (nSPS) is 12.0. The molecule has 4 aromatic rings. The Balaban J connectivity index is 1.49. The Morgan fingerprint density at radius 3 is 2.33 bits per heavy atom. The Bertz CT molecular complexity index is 1630. The molecule has 4 rings (SSSR count). The smallest absolute Gasteiger partial charge is 0.251 e. The lowest BCUT2D eigenvalue weighted by molar-refractivity contribution is -0.121. The van der Waals surface area contributed by atoms with Gasteiger partial charge in [0, 0.05) is 36.7 Å². The van der Waals surface area contributed by atoms with E-state index in [4.69, 9.17) is 9.68 Å². The molecule has 0 saturated heterocycles. The molecule has 3 aromatic carbocycles. The summed E-state index contributed by atoms with van der Waals surface area (Å²) in [6.07, 6.45) is 0.491. The number of carbonyl (C=O) groups excluding carboxylic acids is 2. The van der Waals surface area contributed by atoms with E-state index < -0.39 is 6.04 Å². The second-order valence-electron chi connectivity index (χ2n) is 10.2. The fraction of sp³-hybridized carbons (Fsp3) is 0.235. The molecule has 2 amide bonds. The third kappa shape index (κ3) is 7.72. The molecular weight excluding hydrogens is 526 g/mol. The molecule has 42 heavy (non-hydrogen) atoms. The molecule has 3 N–H and O–H groups in total. The van der Waals surface area contributed by atoms with Crippen LogP contribution in [-0.2, 0) is 17.8 Å². The van der Waals surface area contributed by atoms with E-state index in [2.05, 4.69) is 66.2 Å². The van der Waals surface area contributed by atoms with Gasteiger partial charge < -0.3 is 20.4 Å². The highest BCUT2D eigenvalue weighted by Crippen LogP contribution is 2.27. The minimum Gasteiger partial charge on any atom is -0.460 e. The highest BCUT2D eigenvalue weighted by atomic mass is 16.3. The van der Waals surface area contributed by atoms with Crippen molar-refractivity contribution in [2.75, 3.05) is 7.05 Å². The van der Waals surface area contributed by atoms with Gasteiger partial charge in [-0.2, -0.15) is 10.5 Å². The third-order valence-electron chi connectivity index (χ3n) is 7.10. The first-order valence-corrected chi connectivity index (χ1v) is 13.7. The van der Waals surface area contributed by atoms with Gasteiger partial charge in [-0.15, -0.1) is 0 Å². The molecule has 212 valence electrons. The molecule has 0 saturated carbocycles. The maximum absolute atomic E-state index is 13.3. The lowest BCUT2D eigenvalue weighted by Crippen LogP contribution is -2.40. The lowest BCUT2D eigenvalue weighted by atomic mass is 9.99. The number of carbonyl (C=O) groups is 2. The van der Waals surface area contributed by atoms with Gasteiger partial charge in [0.05, 0.1) is 29.8 Å². The zero-order valence-electron chi connectivity index (χ0n) is 23.9. The van der Waals surface area contributed by atoms with Crippen molar-refractivity contribution in [3.05, 3.63) is 118 Å². The number of nitrogens with one attached hydrogen (secondary N) is 3. The summed E-state index contributed by atoms with van der Waals surface area (Å²) in [4.78, 5) is 25.5.